The fourth-order valence-corrected chi connectivity index (χ4v) is 1.48. The highest BCUT2D eigenvalue weighted by Gasteiger charge is 2.18. The SMILES string of the molecule is C=C(C)COCCNc1cccc(C#N)c1[N+](=O)[O-]. The molecule has 0 heterocycles. The van der Waals surface area contributed by atoms with Crippen molar-refractivity contribution < 1.29 is 9.66 Å². The zero-order valence-electron chi connectivity index (χ0n) is 10.7. The Hall–Kier alpha value is -2.39. The standard InChI is InChI=1S/C13H15N3O3/c1-10(2)9-19-7-6-15-12-5-3-4-11(8-14)13(12)16(17)18/h3-5,15H,1,6-7,9H2,2H3. The first-order valence-corrected chi connectivity index (χ1v) is 5.69. The summed E-state index contributed by atoms with van der Waals surface area (Å²) in [6, 6.07) is 6.39. The molecule has 0 aliphatic carbocycles. The number of hydrogen-bond donors (Lipinski definition) is 1. The van der Waals surface area contributed by atoms with E-state index in [1.807, 2.05) is 13.0 Å². The van der Waals surface area contributed by atoms with E-state index in [9.17, 15) is 10.1 Å². The predicted molar refractivity (Wildman–Crippen MR) is 71.9 cm³/mol. The van der Waals surface area contributed by atoms with E-state index in [4.69, 9.17) is 10.00 Å². The van der Waals surface area contributed by atoms with Gasteiger partial charge in [-0.2, -0.15) is 5.26 Å². The molecule has 0 aliphatic rings. The monoisotopic (exact) mass is 261 g/mol. The van der Waals surface area contributed by atoms with Crippen LogP contribution in [0.4, 0.5) is 11.4 Å². The van der Waals surface area contributed by atoms with Crippen molar-refractivity contribution in [2.75, 3.05) is 25.1 Å². The molecule has 6 heteroatoms. The zero-order valence-corrected chi connectivity index (χ0v) is 10.7. The fourth-order valence-electron chi connectivity index (χ4n) is 1.48. The molecule has 0 saturated carbocycles. The number of benzene rings is 1. The number of para-hydroxylation sites is 1. The molecule has 1 N–H and O–H groups in total. The maximum absolute atomic E-state index is 11.0. The molecule has 0 aliphatic heterocycles. The van der Waals surface area contributed by atoms with Crippen LogP contribution in [0.2, 0.25) is 0 Å². The number of nitrogens with one attached hydrogen (secondary N) is 1. The molecule has 0 aromatic heterocycles. The maximum atomic E-state index is 11.0. The second-order valence-corrected chi connectivity index (χ2v) is 4.01. The summed E-state index contributed by atoms with van der Waals surface area (Å²) in [6.07, 6.45) is 0. The maximum Gasteiger partial charge on any atom is 0.309 e. The molecular weight excluding hydrogens is 246 g/mol. The van der Waals surface area contributed by atoms with Crippen LogP contribution in [0.5, 0.6) is 0 Å². The van der Waals surface area contributed by atoms with E-state index in [1.165, 1.54) is 6.07 Å². The molecule has 1 aromatic rings. The van der Waals surface area contributed by atoms with E-state index < -0.39 is 4.92 Å². The van der Waals surface area contributed by atoms with Crippen LogP contribution < -0.4 is 5.32 Å². The number of ether oxygens (including phenoxy) is 1. The van der Waals surface area contributed by atoms with Gasteiger partial charge in [-0.05, 0) is 19.1 Å². The van der Waals surface area contributed by atoms with Crippen molar-refractivity contribution in [1.82, 2.24) is 0 Å². The molecule has 100 valence electrons. The van der Waals surface area contributed by atoms with Crippen LogP contribution in [0.3, 0.4) is 0 Å². The Balaban J connectivity index is 2.66. The van der Waals surface area contributed by atoms with Crippen LogP contribution in [0.1, 0.15) is 12.5 Å². The van der Waals surface area contributed by atoms with Crippen LogP contribution in [0.25, 0.3) is 0 Å². The van der Waals surface area contributed by atoms with Crippen LogP contribution in [-0.4, -0.2) is 24.7 Å². The smallest absolute Gasteiger partial charge is 0.309 e. The lowest BCUT2D eigenvalue weighted by Crippen LogP contribution is -2.11. The van der Waals surface area contributed by atoms with E-state index >= 15 is 0 Å². The number of nitriles is 1. The van der Waals surface area contributed by atoms with E-state index in [1.54, 1.807) is 12.1 Å². The number of nitrogens with zero attached hydrogens (tertiary/aromatic N) is 2. The number of nitro groups is 1. The van der Waals surface area contributed by atoms with E-state index in [0.29, 0.717) is 25.4 Å². The van der Waals surface area contributed by atoms with Crippen molar-refractivity contribution in [3.63, 3.8) is 0 Å². The Morgan fingerprint density at radius 2 is 2.37 bits per heavy atom. The van der Waals surface area contributed by atoms with Gasteiger partial charge in [0.1, 0.15) is 17.3 Å². The highest BCUT2D eigenvalue weighted by molar-refractivity contribution is 5.68. The van der Waals surface area contributed by atoms with Gasteiger partial charge < -0.3 is 10.1 Å². The molecule has 0 spiro atoms. The fraction of sp³-hybridized carbons (Fsp3) is 0.308. The van der Waals surface area contributed by atoms with Gasteiger partial charge in [0.05, 0.1) is 18.1 Å². The molecule has 6 nitrogen and oxygen atoms in total. The third-order valence-electron chi connectivity index (χ3n) is 2.25. The summed E-state index contributed by atoms with van der Waals surface area (Å²) >= 11 is 0. The normalized spacial score (nSPS) is 9.68. The van der Waals surface area contributed by atoms with Crippen LogP contribution >= 0.6 is 0 Å². The number of rotatable bonds is 7. The second-order valence-electron chi connectivity index (χ2n) is 4.01. The number of hydrogen-bond acceptors (Lipinski definition) is 5. The summed E-state index contributed by atoms with van der Waals surface area (Å²) in [4.78, 5) is 10.4. The topological polar surface area (TPSA) is 88.2 Å². The van der Waals surface area contributed by atoms with Gasteiger partial charge in [-0.1, -0.05) is 18.2 Å². The number of anilines is 1. The first-order valence-electron chi connectivity index (χ1n) is 5.69. The lowest BCUT2D eigenvalue weighted by molar-refractivity contribution is -0.384. The average molecular weight is 261 g/mol. The Bertz CT molecular complexity index is 520. The lowest BCUT2D eigenvalue weighted by Gasteiger charge is -2.08. The Labute approximate surface area is 111 Å². The summed E-state index contributed by atoms with van der Waals surface area (Å²) < 4.78 is 5.28. The van der Waals surface area contributed by atoms with Crippen molar-refractivity contribution >= 4 is 11.4 Å². The van der Waals surface area contributed by atoms with E-state index in [-0.39, 0.29) is 11.3 Å². The highest BCUT2D eigenvalue weighted by Crippen LogP contribution is 2.27. The average Bonchev–Trinajstić information content (AvgIpc) is 2.37. The van der Waals surface area contributed by atoms with Crippen molar-refractivity contribution in [2.45, 2.75) is 6.92 Å². The molecule has 0 radical (unpaired) electrons. The van der Waals surface area contributed by atoms with Crippen LogP contribution in [-0.2, 0) is 4.74 Å². The van der Waals surface area contributed by atoms with Crippen molar-refractivity contribution in [1.29, 1.82) is 5.26 Å². The summed E-state index contributed by atoms with van der Waals surface area (Å²) in [5, 5.41) is 22.7. The molecule has 0 unspecified atom stereocenters. The Morgan fingerprint density at radius 1 is 1.63 bits per heavy atom. The summed E-state index contributed by atoms with van der Waals surface area (Å²) in [5.74, 6) is 0. The van der Waals surface area contributed by atoms with Gasteiger partial charge in [0.15, 0.2) is 0 Å². The highest BCUT2D eigenvalue weighted by atomic mass is 16.6. The molecule has 0 atom stereocenters. The van der Waals surface area contributed by atoms with Crippen LogP contribution in [0.15, 0.2) is 30.4 Å². The summed E-state index contributed by atoms with van der Waals surface area (Å²) in [5.41, 5.74) is 1.07. The molecule has 19 heavy (non-hydrogen) atoms. The molecule has 0 amide bonds. The van der Waals surface area contributed by atoms with Gasteiger partial charge in [0.25, 0.3) is 0 Å². The zero-order chi connectivity index (χ0) is 14.3. The molecule has 0 fully saturated rings. The van der Waals surface area contributed by atoms with Crippen LogP contribution in [0, 0.1) is 21.4 Å². The predicted octanol–water partition coefficient (Wildman–Crippen LogP) is 2.47. The minimum atomic E-state index is -0.560. The molecular formula is C13H15N3O3. The van der Waals surface area contributed by atoms with Gasteiger partial charge in [-0.15, -0.1) is 0 Å². The van der Waals surface area contributed by atoms with Gasteiger partial charge >= 0.3 is 5.69 Å². The van der Waals surface area contributed by atoms with Crippen molar-refractivity contribution in [3.8, 4) is 6.07 Å². The third kappa shape index (κ3) is 4.41. The second kappa shape index (κ2) is 7.13. The number of nitro benzene ring substituents is 1. The Kier molecular flexibility index (Phi) is 5.51. The first kappa shape index (κ1) is 14.7. The Morgan fingerprint density at radius 3 is 2.95 bits per heavy atom. The van der Waals surface area contributed by atoms with E-state index in [2.05, 4.69) is 11.9 Å². The molecule has 0 bridgehead atoms. The minimum Gasteiger partial charge on any atom is -0.377 e. The van der Waals surface area contributed by atoms with Gasteiger partial charge in [0.2, 0.25) is 0 Å². The van der Waals surface area contributed by atoms with Gasteiger partial charge in [-0.25, -0.2) is 0 Å². The third-order valence-corrected chi connectivity index (χ3v) is 2.25. The summed E-state index contributed by atoms with van der Waals surface area (Å²) in [6.45, 7) is 6.84. The van der Waals surface area contributed by atoms with Crippen molar-refractivity contribution in [3.05, 3.63) is 46.0 Å². The molecule has 0 saturated heterocycles. The lowest BCUT2D eigenvalue weighted by atomic mass is 10.1. The quantitative estimate of drug-likeness (QED) is 0.352. The molecule has 1 aromatic carbocycles. The largest absolute Gasteiger partial charge is 0.377 e. The minimum absolute atomic E-state index is 0.0397. The first-order chi connectivity index (χ1) is 9.06. The summed E-state index contributed by atoms with van der Waals surface area (Å²) in [7, 11) is 0. The van der Waals surface area contributed by atoms with Crippen molar-refractivity contribution in [2.24, 2.45) is 0 Å². The van der Waals surface area contributed by atoms with E-state index in [0.717, 1.165) is 5.57 Å². The molecule has 1 rings (SSSR count). The van der Waals surface area contributed by atoms with Gasteiger partial charge in [0, 0.05) is 6.54 Å². The van der Waals surface area contributed by atoms with Gasteiger partial charge in [-0.3, -0.25) is 10.1 Å².